The van der Waals surface area contributed by atoms with E-state index in [9.17, 15) is 18.0 Å². The van der Waals surface area contributed by atoms with Gasteiger partial charge in [-0.1, -0.05) is 12.7 Å². The Kier molecular flexibility index (Phi) is 7.21. The molecule has 9 heteroatoms. The Morgan fingerprint density at radius 2 is 2.09 bits per heavy atom. The van der Waals surface area contributed by atoms with Crippen molar-refractivity contribution in [1.82, 2.24) is 9.55 Å². The Labute approximate surface area is 182 Å². The summed E-state index contributed by atoms with van der Waals surface area (Å²) in [5.41, 5.74) is 2.39. The third-order valence-corrected chi connectivity index (χ3v) is 4.58. The number of amides is 1. The monoisotopic (exact) mass is 442 g/mol. The van der Waals surface area contributed by atoms with Gasteiger partial charge in [0.2, 0.25) is 0 Å². The van der Waals surface area contributed by atoms with Crippen LogP contribution in [0.2, 0.25) is 0 Å². The van der Waals surface area contributed by atoms with Crippen LogP contribution >= 0.6 is 0 Å². The quantitative estimate of drug-likeness (QED) is 0.498. The number of imidazole rings is 1. The molecule has 166 valence electrons. The third-order valence-electron chi connectivity index (χ3n) is 4.58. The lowest BCUT2D eigenvalue weighted by Gasteiger charge is -2.08. The van der Waals surface area contributed by atoms with Crippen LogP contribution in [-0.2, 0) is 13.2 Å². The Morgan fingerprint density at radius 3 is 2.78 bits per heavy atom. The highest BCUT2D eigenvalue weighted by molar-refractivity contribution is 6.03. The summed E-state index contributed by atoms with van der Waals surface area (Å²) < 4.78 is 41.5. The van der Waals surface area contributed by atoms with E-state index >= 15 is 0 Å². The van der Waals surface area contributed by atoms with Gasteiger partial charge in [0.15, 0.2) is 11.6 Å². The number of carbonyl (C=O) groups excluding carboxylic acids is 1. The van der Waals surface area contributed by atoms with Crippen LogP contribution in [0.25, 0.3) is 6.08 Å². The summed E-state index contributed by atoms with van der Waals surface area (Å²) in [4.78, 5) is 20.9. The van der Waals surface area contributed by atoms with Crippen molar-refractivity contribution in [3.05, 3.63) is 83.5 Å². The van der Waals surface area contributed by atoms with E-state index < -0.39 is 24.2 Å². The maximum absolute atomic E-state index is 13.6. The maximum Gasteiger partial charge on any atom is 0.275 e. The Bertz CT molecular complexity index is 1190. The highest BCUT2D eigenvalue weighted by Crippen LogP contribution is 2.25. The number of aliphatic hydroxyl groups excluding tert-OH is 1. The first kappa shape index (κ1) is 23.0. The molecule has 0 atom stereocenters. The molecule has 0 radical (unpaired) electrons. The van der Waals surface area contributed by atoms with Crippen molar-refractivity contribution in [2.24, 2.45) is 4.99 Å². The number of benzene rings is 2. The molecule has 0 aliphatic rings. The molecule has 0 aliphatic carbocycles. The summed E-state index contributed by atoms with van der Waals surface area (Å²) in [6.07, 6.45) is 4.40. The van der Waals surface area contributed by atoms with Crippen molar-refractivity contribution in [3.8, 4) is 0 Å². The molecule has 1 heterocycles. The Balaban J connectivity index is 1.74. The molecular formula is C23H21F3N4O2. The van der Waals surface area contributed by atoms with Crippen molar-refractivity contribution in [1.29, 1.82) is 0 Å². The van der Waals surface area contributed by atoms with Crippen LogP contribution in [0.5, 0.6) is 0 Å². The number of hydrogen-bond acceptors (Lipinski definition) is 4. The zero-order valence-corrected chi connectivity index (χ0v) is 17.3. The topological polar surface area (TPSA) is 79.5 Å². The van der Waals surface area contributed by atoms with Crippen LogP contribution in [-0.4, -0.2) is 32.9 Å². The molecule has 0 bridgehead atoms. The largest absolute Gasteiger partial charge is 0.390 e. The number of alkyl halides is 1. The number of halogens is 3. The van der Waals surface area contributed by atoms with Crippen LogP contribution in [0.3, 0.4) is 0 Å². The Hall–Kier alpha value is -3.72. The summed E-state index contributed by atoms with van der Waals surface area (Å²) in [7, 11) is 0. The van der Waals surface area contributed by atoms with Gasteiger partial charge in [-0.25, -0.2) is 18.2 Å². The van der Waals surface area contributed by atoms with E-state index in [-0.39, 0.29) is 24.4 Å². The SMILES string of the molecule is C=Cc1cc(NC(=O)c2cn(Cc3cc(F)c(F)c(CF)c3)cn2)ccc1/N=C(\C)CO. The fraction of sp³-hybridized carbons (Fsp3) is 0.174. The van der Waals surface area contributed by atoms with E-state index in [2.05, 4.69) is 21.9 Å². The van der Waals surface area contributed by atoms with Gasteiger partial charge in [0.05, 0.1) is 18.6 Å². The first-order valence-corrected chi connectivity index (χ1v) is 9.62. The summed E-state index contributed by atoms with van der Waals surface area (Å²) in [5, 5.41) is 11.9. The number of hydrogen-bond donors (Lipinski definition) is 2. The third kappa shape index (κ3) is 5.30. The lowest BCUT2D eigenvalue weighted by molar-refractivity contribution is 0.102. The predicted octanol–water partition coefficient (Wildman–Crippen LogP) is 4.66. The molecule has 0 spiro atoms. The first-order valence-electron chi connectivity index (χ1n) is 9.62. The van der Waals surface area contributed by atoms with Gasteiger partial charge in [0.25, 0.3) is 5.91 Å². The highest BCUT2D eigenvalue weighted by atomic mass is 19.2. The van der Waals surface area contributed by atoms with Gasteiger partial charge < -0.3 is 15.0 Å². The minimum Gasteiger partial charge on any atom is -0.390 e. The molecule has 1 amide bonds. The molecule has 0 saturated carbocycles. The van der Waals surface area contributed by atoms with E-state index in [0.29, 0.717) is 28.2 Å². The highest BCUT2D eigenvalue weighted by Gasteiger charge is 2.14. The summed E-state index contributed by atoms with van der Waals surface area (Å²) in [6.45, 7) is 4.22. The molecule has 1 aromatic heterocycles. The number of rotatable bonds is 8. The van der Waals surface area contributed by atoms with E-state index in [1.165, 1.54) is 23.2 Å². The van der Waals surface area contributed by atoms with E-state index in [0.717, 1.165) is 6.07 Å². The van der Waals surface area contributed by atoms with Crippen LogP contribution in [0.4, 0.5) is 24.5 Å². The van der Waals surface area contributed by atoms with Gasteiger partial charge in [0, 0.05) is 35.3 Å². The lowest BCUT2D eigenvalue weighted by Crippen LogP contribution is -2.12. The molecule has 2 aromatic carbocycles. The number of nitrogens with zero attached hydrogens (tertiary/aromatic N) is 3. The second-order valence-electron chi connectivity index (χ2n) is 7.05. The molecule has 0 saturated heterocycles. The zero-order valence-electron chi connectivity index (χ0n) is 17.3. The number of aliphatic imine (C=N–C) groups is 1. The van der Waals surface area contributed by atoms with Crippen molar-refractivity contribution in [2.45, 2.75) is 20.1 Å². The van der Waals surface area contributed by atoms with E-state index in [1.54, 1.807) is 31.2 Å². The number of aromatic nitrogens is 2. The van der Waals surface area contributed by atoms with Crippen LogP contribution in [0, 0.1) is 11.6 Å². The number of nitrogens with one attached hydrogen (secondary N) is 1. The van der Waals surface area contributed by atoms with Crippen LogP contribution < -0.4 is 5.32 Å². The van der Waals surface area contributed by atoms with Gasteiger partial charge in [-0.15, -0.1) is 0 Å². The average Bonchev–Trinajstić information content (AvgIpc) is 3.25. The molecule has 0 fully saturated rings. The average molecular weight is 442 g/mol. The summed E-state index contributed by atoms with van der Waals surface area (Å²) in [6, 6.07) is 7.25. The number of carbonyl (C=O) groups is 1. The first-order chi connectivity index (χ1) is 15.3. The standard InChI is InChI=1S/C23H21F3N4O2/c1-3-16-8-18(4-5-20(16)28-14(2)12-31)29-23(32)21-11-30(13-27-21)10-15-6-17(9-24)22(26)19(25)7-15/h3-8,11,13,31H,1,9-10,12H2,2H3,(H,29,32)/b28-14+. The Morgan fingerprint density at radius 1 is 1.31 bits per heavy atom. The molecule has 0 unspecified atom stereocenters. The van der Waals surface area contributed by atoms with Crippen molar-refractivity contribution < 1.29 is 23.1 Å². The second-order valence-corrected chi connectivity index (χ2v) is 7.05. The van der Waals surface area contributed by atoms with E-state index in [1.807, 2.05) is 0 Å². The molecule has 3 aromatic rings. The van der Waals surface area contributed by atoms with Crippen LogP contribution in [0.15, 0.2) is 54.4 Å². The van der Waals surface area contributed by atoms with Crippen molar-refractivity contribution in [3.63, 3.8) is 0 Å². The molecule has 32 heavy (non-hydrogen) atoms. The minimum absolute atomic E-state index is 0.0853. The molecule has 2 N–H and O–H groups in total. The van der Waals surface area contributed by atoms with Gasteiger partial charge in [-0.05, 0) is 42.8 Å². The molecular weight excluding hydrogens is 421 g/mol. The van der Waals surface area contributed by atoms with Crippen molar-refractivity contribution in [2.75, 3.05) is 11.9 Å². The number of aliphatic hydroxyl groups is 1. The van der Waals surface area contributed by atoms with Crippen LogP contribution in [0.1, 0.15) is 34.1 Å². The second kappa shape index (κ2) is 10.1. The van der Waals surface area contributed by atoms with Gasteiger partial charge >= 0.3 is 0 Å². The smallest absolute Gasteiger partial charge is 0.275 e. The maximum atomic E-state index is 13.6. The fourth-order valence-corrected chi connectivity index (χ4v) is 3.01. The molecule has 3 rings (SSSR count). The predicted molar refractivity (Wildman–Crippen MR) is 117 cm³/mol. The summed E-state index contributed by atoms with van der Waals surface area (Å²) in [5.74, 6) is -2.81. The van der Waals surface area contributed by atoms with Gasteiger partial charge in [-0.3, -0.25) is 9.79 Å². The van der Waals surface area contributed by atoms with Gasteiger partial charge in [-0.2, -0.15) is 0 Å². The summed E-state index contributed by atoms with van der Waals surface area (Å²) >= 11 is 0. The molecule has 0 aliphatic heterocycles. The van der Waals surface area contributed by atoms with E-state index in [4.69, 9.17) is 5.11 Å². The lowest BCUT2D eigenvalue weighted by atomic mass is 10.1. The normalized spacial score (nSPS) is 11.5. The van der Waals surface area contributed by atoms with Gasteiger partial charge in [0.1, 0.15) is 12.4 Å². The van der Waals surface area contributed by atoms with Crippen molar-refractivity contribution >= 4 is 29.1 Å². The fourth-order valence-electron chi connectivity index (χ4n) is 3.01. The number of anilines is 1. The minimum atomic E-state index is -1.20. The zero-order chi connectivity index (χ0) is 23.3. The molecule has 6 nitrogen and oxygen atoms in total.